The highest BCUT2D eigenvalue weighted by molar-refractivity contribution is 5.59. The van der Waals surface area contributed by atoms with Crippen molar-refractivity contribution in [2.24, 2.45) is 5.73 Å². The molecule has 0 aliphatic rings. The molecule has 0 atom stereocenters. The Labute approximate surface area is 113 Å². The fourth-order valence-corrected chi connectivity index (χ4v) is 1.86. The van der Waals surface area contributed by atoms with Gasteiger partial charge in [0.15, 0.2) is 0 Å². The zero-order valence-corrected chi connectivity index (χ0v) is 11.4. The van der Waals surface area contributed by atoms with E-state index in [1.165, 1.54) is 0 Å². The van der Waals surface area contributed by atoms with E-state index in [4.69, 9.17) is 10.5 Å². The largest absolute Gasteiger partial charge is 0.491 e. The van der Waals surface area contributed by atoms with Crippen LogP contribution in [0.15, 0.2) is 30.5 Å². The molecule has 2 aromatic rings. The highest BCUT2D eigenvalue weighted by Crippen LogP contribution is 2.22. The first-order valence-electron chi connectivity index (χ1n) is 6.56. The van der Waals surface area contributed by atoms with Gasteiger partial charge in [0.2, 0.25) is 0 Å². The molecule has 0 unspecified atom stereocenters. The molecule has 0 bridgehead atoms. The average molecular weight is 260 g/mol. The Bertz CT molecular complexity index is 504. The summed E-state index contributed by atoms with van der Waals surface area (Å²) < 4.78 is 7.51. The first-order chi connectivity index (χ1) is 9.20. The van der Waals surface area contributed by atoms with Crippen molar-refractivity contribution < 1.29 is 4.74 Å². The molecule has 19 heavy (non-hydrogen) atoms. The number of rotatable bonds is 6. The first kappa shape index (κ1) is 13.5. The maximum atomic E-state index is 5.63. The van der Waals surface area contributed by atoms with Gasteiger partial charge in [0.1, 0.15) is 5.75 Å². The maximum Gasteiger partial charge on any atom is 0.119 e. The molecule has 0 amide bonds. The Morgan fingerprint density at radius 3 is 2.63 bits per heavy atom. The van der Waals surface area contributed by atoms with Gasteiger partial charge in [-0.2, -0.15) is 0 Å². The van der Waals surface area contributed by atoms with Crippen molar-refractivity contribution in [1.82, 2.24) is 15.0 Å². The molecule has 2 N–H and O–H groups in total. The van der Waals surface area contributed by atoms with Crippen LogP contribution in [0.25, 0.3) is 11.3 Å². The van der Waals surface area contributed by atoms with Gasteiger partial charge in [0, 0.05) is 12.1 Å². The predicted octanol–water partition coefficient (Wildman–Crippen LogP) is 2.08. The minimum absolute atomic E-state index is 0.183. The van der Waals surface area contributed by atoms with Crippen molar-refractivity contribution in [1.29, 1.82) is 0 Å². The molecule has 0 aliphatic heterocycles. The molecule has 0 radical (unpaired) electrons. The molecule has 5 heteroatoms. The van der Waals surface area contributed by atoms with Crippen LogP contribution in [-0.4, -0.2) is 27.6 Å². The fourth-order valence-electron chi connectivity index (χ4n) is 1.86. The van der Waals surface area contributed by atoms with E-state index >= 15 is 0 Å². The lowest BCUT2D eigenvalue weighted by molar-refractivity contribution is 0.242. The Kier molecular flexibility index (Phi) is 4.52. The highest BCUT2D eigenvalue weighted by atomic mass is 16.5. The number of aromatic nitrogens is 3. The van der Waals surface area contributed by atoms with Gasteiger partial charge >= 0.3 is 0 Å². The summed E-state index contributed by atoms with van der Waals surface area (Å²) in [4.78, 5) is 0. The summed E-state index contributed by atoms with van der Waals surface area (Å²) in [5.41, 5.74) is 7.61. The third kappa shape index (κ3) is 3.54. The number of ether oxygens (including phenoxy) is 1. The van der Waals surface area contributed by atoms with Gasteiger partial charge in [-0.05, 0) is 51.1 Å². The summed E-state index contributed by atoms with van der Waals surface area (Å²) in [5.74, 6) is 0.875. The van der Waals surface area contributed by atoms with E-state index in [-0.39, 0.29) is 6.10 Å². The third-order valence-electron chi connectivity index (χ3n) is 2.71. The van der Waals surface area contributed by atoms with E-state index in [1.807, 2.05) is 42.8 Å². The SMILES string of the molecule is CC(C)Oc1ccc(-c2cnnn2CCCN)cc1. The average Bonchev–Trinajstić information content (AvgIpc) is 2.85. The van der Waals surface area contributed by atoms with Crippen LogP contribution in [0.1, 0.15) is 20.3 Å². The minimum Gasteiger partial charge on any atom is -0.491 e. The van der Waals surface area contributed by atoms with Crippen LogP contribution in [0.4, 0.5) is 0 Å². The summed E-state index contributed by atoms with van der Waals surface area (Å²) in [7, 11) is 0. The lowest BCUT2D eigenvalue weighted by atomic mass is 10.1. The van der Waals surface area contributed by atoms with Gasteiger partial charge in [-0.1, -0.05) is 5.21 Å². The van der Waals surface area contributed by atoms with Crippen molar-refractivity contribution in [3.8, 4) is 17.0 Å². The van der Waals surface area contributed by atoms with E-state index in [2.05, 4.69) is 10.3 Å². The van der Waals surface area contributed by atoms with E-state index in [0.717, 1.165) is 30.0 Å². The lowest BCUT2D eigenvalue weighted by Gasteiger charge is -2.10. The van der Waals surface area contributed by atoms with Crippen LogP contribution in [0.3, 0.4) is 0 Å². The van der Waals surface area contributed by atoms with Gasteiger partial charge in [-0.15, -0.1) is 5.10 Å². The summed E-state index contributed by atoms with van der Waals surface area (Å²) >= 11 is 0. The van der Waals surface area contributed by atoms with Crippen molar-refractivity contribution >= 4 is 0 Å². The van der Waals surface area contributed by atoms with E-state index in [9.17, 15) is 0 Å². The fraction of sp³-hybridized carbons (Fsp3) is 0.429. The standard InChI is InChI=1S/C14H20N4O/c1-11(2)19-13-6-4-12(5-7-13)14-10-16-17-18(14)9-3-8-15/h4-7,10-11H,3,8-9,15H2,1-2H3. The molecule has 0 saturated carbocycles. The maximum absolute atomic E-state index is 5.63. The number of benzene rings is 1. The van der Waals surface area contributed by atoms with Crippen LogP contribution in [0.5, 0.6) is 5.75 Å². The number of hydrogen-bond acceptors (Lipinski definition) is 4. The molecule has 102 valence electrons. The third-order valence-corrected chi connectivity index (χ3v) is 2.71. The molecular formula is C14H20N4O. The quantitative estimate of drug-likeness (QED) is 0.863. The second kappa shape index (κ2) is 6.33. The van der Waals surface area contributed by atoms with Gasteiger partial charge < -0.3 is 10.5 Å². The van der Waals surface area contributed by atoms with Gasteiger partial charge in [0.05, 0.1) is 18.0 Å². The lowest BCUT2D eigenvalue weighted by Crippen LogP contribution is -2.08. The monoisotopic (exact) mass is 260 g/mol. The molecule has 1 heterocycles. The zero-order valence-electron chi connectivity index (χ0n) is 11.4. The molecule has 0 aliphatic carbocycles. The normalized spacial score (nSPS) is 10.9. The smallest absolute Gasteiger partial charge is 0.119 e. The van der Waals surface area contributed by atoms with Crippen molar-refractivity contribution in [2.45, 2.75) is 32.9 Å². The highest BCUT2D eigenvalue weighted by Gasteiger charge is 2.06. The molecule has 0 spiro atoms. The minimum atomic E-state index is 0.183. The summed E-state index contributed by atoms with van der Waals surface area (Å²) in [6.07, 6.45) is 2.85. The number of nitrogens with zero attached hydrogens (tertiary/aromatic N) is 3. The summed E-state index contributed by atoms with van der Waals surface area (Å²) in [6.45, 7) is 5.47. The zero-order chi connectivity index (χ0) is 13.7. The molecule has 0 saturated heterocycles. The van der Waals surface area contributed by atoms with Crippen molar-refractivity contribution in [3.05, 3.63) is 30.5 Å². The molecule has 1 aromatic carbocycles. The topological polar surface area (TPSA) is 66.0 Å². The van der Waals surface area contributed by atoms with Crippen LogP contribution < -0.4 is 10.5 Å². The summed E-state index contributed by atoms with van der Waals surface area (Å²) in [6, 6.07) is 7.98. The second-order valence-corrected chi connectivity index (χ2v) is 4.68. The number of nitrogens with two attached hydrogens (primary N) is 1. The first-order valence-corrected chi connectivity index (χ1v) is 6.56. The Hall–Kier alpha value is -1.88. The Balaban J connectivity index is 2.15. The van der Waals surface area contributed by atoms with Crippen molar-refractivity contribution in [2.75, 3.05) is 6.54 Å². The van der Waals surface area contributed by atoms with Crippen LogP contribution >= 0.6 is 0 Å². The Morgan fingerprint density at radius 1 is 1.26 bits per heavy atom. The van der Waals surface area contributed by atoms with Gasteiger partial charge in [-0.25, -0.2) is 4.68 Å². The van der Waals surface area contributed by atoms with Crippen molar-refractivity contribution in [3.63, 3.8) is 0 Å². The van der Waals surface area contributed by atoms with E-state index < -0.39 is 0 Å². The summed E-state index contributed by atoms with van der Waals surface area (Å²) in [5, 5.41) is 8.04. The van der Waals surface area contributed by atoms with Crippen LogP contribution in [0.2, 0.25) is 0 Å². The molecule has 1 aromatic heterocycles. The Morgan fingerprint density at radius 2 is 2.00 bits per heavy atom. The predicted molar refractivity (Wildman–Crippen MR) is 74.9 cm³/mol. The van der Waals surface area contributed by atoms with Gasteiger partial charge in [0.25, 0.3) is 0 Å². The van der Waals surface area contributed by atoms with Crippen LogP contribution in [-0.2, 0) is 6.54 Å². The number of aryl methyl sites for hydroxylation is 1. The van der Waals surface area contributed by atoms with Crippen LogP contribution in [0, 0.1) is 0 Å². The second-order valence-electron chi connectivity index (χ2n) is 4.68. The molecule has 2 rings (SSSR count). The molecule has 5 nitrogen and oxygen atoms in total. The van der Waals surface area contributed by atoms with E-state index in [0.29, 0.717) is 6.54 Å². The number of hydrogen-bond donors (Lipinski definition) is 1. The molecule has 0 fully saturated rings. The van der Waals surface area contributed by atoms with Gasteiger partial charge in [-0.3, -0.25) is 0 Å². The van der Waals surface area contributed by atoms with E-state index in [1.54, 1.807) is 6.20 Å². The molecular weight excluding hydrogens is 240 g/mol.